The van der Waals surface area contributed by atoms with Crippen LogP contribution in [0.5, 0.6) is 0 Å². The van der Waals surface area contributed by atoms with Crippen molar-refractivity contribution in [2.45, 2.75) is 70.8 Å². The first kappa shape index (κ1) is 18.4. The zero-order chi connectivity index (χ0) is 18.3. The third-order valence-corrected chi connectivity index (χ3v) is 3.57. The number of carbonyl (C=O) groups excluding carboxylic acids is 3. The molecule has 8 nitrogen and oxygen atoms in total. The summed E-state index contributed by atoms with van der Waals surface area (Å²) >= 11 is 0. The van der Waals surface area contributed by atoms with Crippen molar-refractivity contribution < 1.29 is 28.6 Å². The fourth-order valence-electron chi connectivity index (χ4n) is 2.74. The number of esters is 1. The van der Waals surface area contributed by atoms with Crippen LogP contribution in [0.15, 0.2) is 0 Å². The maximum absolute atomic E-state index is 12.5. The second-order valence-electron chi connectivity index (χ2n) is 8.29. The molecule has 2 atom stereocenters. The summed E-state index contributed by atoms with van der Waals surface area (Å²) in [4.78, 5) is 37.8. The molecule has 1 N–H and O–H groups in total. The third kappa shape index (κ3) is 4.30. The maximum atomic E-state index is 12.5. The van der Waals surface area contributed by atoms with Crippen LogP contribution in [0, 0.1) is 0 Å². The average Bonchev–Trinajstić information content (AvgIpc) is 2.90. The Morgan fingerprint density at radius 3 is 2.21 bits per heavy atom. The smallest absolute Gasteiger partial charge is 0.411 e. The van der Waals surface area contributed by atoms with E-state index in [9.17, 15) is 14.4 Å². The monoisotopic (exact) mass is 342 g/mol. The molecular weight excluding hydrogens is 316 g/mol. The Kier molecular flexibility index (Phi) is 4.45. The van der Waals surface area contributed by atoms with E-state index in [4.69, 9.17) is 14.2 Å². The van der Waals surface area contributed by atoms with Crippen molar-refractivity contribution >= 4 is 18.2 Å². The number of amides is 2. The first-order valence-corrected chi connectivity index (χ1v) is 8.00. The zero-order valence-corrected chi connectivity index (χ0v) is 15.1. The quantitative estimate of drug-likeness (QED) is 0.577. The highest BCUT2D eigenvalue weighted by atomic mass is 16.6. The van der Waals surface area contributed by atoms with E-state index in [1.54, 1.807) is 41.5 Å². The number of likely N-dealkylation sites (tertiary alicyclic amines) is 1. The summed E-state index contributed by atoms with van der Waals surface area (Å²) in [6.07, 6.45) is -0.998. The molecule has 1 spiro atoms. The summed E-state index contributed by atoms with van der Waals surface area (Å²) < 4.78 is 16.1. The molecule has 0 aromatic heterocycles. The van der Waals surface area contributed by atoms with Crippen molar-refractivity contribution in [1.29, 1.82) is 0 Å². The minimum absolute atomic E-state index is 0.0879. The number of ether oxygens (including phenoxy) is 3. The van der Waals surface area contributed by atoms with Gasteiger partial charge >= 0.3 is 18.2 Å². The molecule has 2 amide bonds. The maximum Gasteiger partial charge on any atom is 0.411 e. The van der Waals surface area contributed by atoms with Crippen molar-refractivity contribution in [1.82, 2.24) is 10.2 Å². The Bertz CT molecular complexity index is 510. The number of hydrogen-bond donors (Lipinski definition) is 1. The highest BCUT2D eigenvalue weighted by Crippen LogP contribution is 2.35. The van der Waals surface area contributed by atoms with Gasteiger partial charge in [0.05, 0.1) is 13.1 Å². The molecule has 2 rings (SSSR count). The highest BCUT2D eigenvalue weighted by Gasteiger charge is 2.55. The van der Waals surface area contributed by atoms with Crippen LogP contribution in [0.2, 0.25) is 0 Å². The van der Waals surface area contributed by atoms with Gasteiger partial charge in [0.1, 0.15) is 17.2 Å². The summed E-state index contributed by atoms with van der Waals surface area (Å²) in [6, 6.07) is -0.855. The van der Waals surface area contributed by atoms with Gasteiger partial charge in [-0.15, -0.1) is 0 Å². The Balaban J connectivity index is 2.21. The first-order chi connectivity index (χ1) is 10.8. The number of carbonyl (C=O) groups is 3. The zero-order valence-electron chi connectivity index (χ0n) is 15.1. The lowest BCUT2D eigenvalue weighted by molar-refractivity contribution is -0.160. The van der Waals surface area contributed by atoms with Gasteiger partial charge in [0.2, 0.25) is 0 Å². The molecule has 2 aliphatic heterocycles. The van der Waals surface area contributed by atoms with Crippen LogP contribution >= 0.6 is 0 Å². The predicted octanol–water partition coefficient (Wildman–Crippen LogP) is 1.82. The van der Waals surface area contributed by atoms with E-state index >= 15 is 0 Å². The second-order valence-corrected chi connectivity index (χ2v) is 8.29. The molecule has 2 aliphatic rings. The van der Waals surface area contributed by atoms with Crippen LogP contribution in [0.3, 0.4) is 0 Å². The number of nitrogens with zero attached hydrogens (tertiary/aromatic N) is 1. The SMILES string of the molecule is CC(C)(C)OC(=O)[C@@H]1CC2(CNC(=O)O2)CN1C(=O)OC(C)(C)C. The summed E-state index contributed by atoms with van der Waals surface area (Å²) in [6.45, 7) is 10.8. The van der Waals surface area contributed by atoms with E-state index in [1.807, 2.05) is 0 Å². The van der Waals surface area contributed by atoms with Gasteiger partial charge in [0.15, 0.2) is 5.60 Å². The Morgan fingerprint density at radius 2 is 1.75 bits per heavy atom. The Labute approximate surface area is 141 Å². The summed E-state index contributed by atoms with van der Waals surface area (Å²) in [7, 11) is 0. The summed E-state index contributed by atoms with van der Waals surface area (Å²) in [5.41, 5.74) is -2.30. The van der Waals surface area contributed by atoms with E-state index in [1.165, 1.54) is 4.90 Å². The molecule has 2 saturated heterocycles. The van der Waals surface area contributed by atoms with Crippen molar-refractivity contribution in [3.05, 3.63) is 0 Å². The normalized spacial score (nSPS) is 27.0. The van der Waals surface area contributed by atoms with Gasteiger partial charge in [-0.2, -0.15) is 0 Å². The molecule has 1 unspecified atom stereocenters. The average molecular weight is 342 g/mol. The molecule has 8 heteroatoms. The van der Waals surface area contributed by atoms with Gasteiger partial charge in [-0.3, -0.25) is 4.90 Å². The van der Waals surface area contributed by atoms with Crippen LogP contribution in [-0.4, -0.2) is 59.0 Å². The number of alkyl carbamates (subject to hydrolysis) is 1. The Hall–Kier alpha value is -1.99. The fraction of sp³-hybridized carbons (Fsp3) is 0.812. The van der Waals surface area contributed by atoms with Crippen LogP contribution in [-0.2, 0) is 19.0 Å². The molecule has 0 aliphatic carbocycles. The highest BCUT2D eigenvalue weighted by molar-refractivity contribution is 5.83. The van der Waals surface area contributed by atoms with Crippen LogP contribution in [0.25, 0.3) is 0 Å². The van der Waals surface area contributed by atoms with Crippen molar-refractivity contribution in [3.63, 3.8) is 0 Å². The summed E-state index contributed by atoms with van der Waals surface area (Å²) in [5, 5.41) is 2.58. The summed E-state index contributed by atoms with van der Waals surface area (Å²) in [5.74, 6) is -0.534. The van der Waals surface area contributed by atoms with Gasteiger partial charge in [-0.25, -0.2) is 14.4 Å². The van der Waals surface area contributed by atoms with E-state index < -0.39 is 41.0 Å². The second kappa shape index (κ2) is 5.82. The van der Waals surface area contributed by atoms with Gasteiger partial charge < -0.3 is 19.5 Å². The topological polar surface area (TPSA) is 94.2 Å². The largest absolute Gasteiger partial charge is 0.458 e. The standard InChI is InChI=1S/C16H26N2O6/c1-14(2,3)22-11(19)10-7-16(8-17-12(20)23-16)9-18(10)13(21)24-15(4,5)6/h10H,7-9H2,1-6H3,(H,17,20)/t10-,16?/m0/s1. The van der Waals surface area contributed by atoms with Gasteiger partial charge in [0.25, 0.3) is 0 Å². The Morgan fingerprint density at radius 1 is 1.17 bits per heavy atom. The van der Waals surface area contributed by atoms with E-state index in [-0.39, 0.29) is 19.5 Å². The van der Waals surface area contributed by atoms with Crippen molar-refractivity contribution in [2.75, 3.05) is 13.1 Å². The molecule has 0 aromatic carbocycles. The van der Waals surface area contributed by atoms with E-state index in [2.05, 4.69) is 5.32 Å². The van der Waals surface area contributed by atoms with Gasteiger partial charge in [-0.1, -0.05) is 0 Å². The first-order valence-electron chi connectivity index (χ1n) is 8.00. The minimum atomic E-state index is -0.921. The number of rotatable bonds is 1. The molecule has 0 bridgehead atoms. The lowest BCUT2D eigenvalue weighted by Crippen LogP contribution is -2.46. The van der Waals surface area contributed by atoms with E-state index in [0.29, 0.717) is 0 Å². The van der Waals surface area contributed by atoms with Crippen LogP contribution in [0.4, 0.5) is 9.59 Å². The number of nitrogens with one attached hydrogen (secondary N) is 1. The van der Waals surface area contributed by atoms with Crippen molar-refractivity contribution in [2.24, 2.45) is 0 Å². The number of hydrogen-bond acceptors (Lipinski definition) is 6. The van der Waals surface area contributed by atoms with Gasteiger partial charge in [-0.05, 0) is 41.5 Å². The van der Waals surface area contributed by atoms with Crippen LogP contribution < -0.4 is 5.32 Å². The molecule has 136 valence electrons. The van der Waals surface area contributed by atoms with Gasteiger partial charge in [0, 0.05) is 6.42 Å². The third-order valence-electron chi connectivity index (χ3n) is 3.57. The lowest BCUT2D eigenvalue weighted by Gasteiger charge is -2.29. The minimum Gasteiger partial charge on any atom is -0.458 e. The molecular formula is C16H26N2O6. The van der Waals surface area contributed by atoms with Crippen LogP contribution in [0.1, 0.15) is 48.0 Å². The predicted molar refractivity (Wildman–Crippen MR) is 84.4 cm³/mol. The molecule has 24 heavy (non-hydrogen) atoms. The molecule has 0 saturated carbocycles. The molecule has 0 aromatic rings. The molecule has 0 radical (unpaired) electrons. The molecule has 2 heterocycles. The van der Waals surface area contributed by atoms with Crippen molar-refractivity contribution in [3.8, 4) is 0 Å². The van der Waals surface area contributed by atoms with E-state index in [0.717, 1.165) is 0 Å². The fourth-order valence-corrected chi connectivity index (χ4v) is 2.74. The lowest BCUT2D eigenvalue weighted by atomic mass is 10.0. The molecule has 2 fully saturated rings.